The Kier molecular flexibility index (Phi) is 11.5. The molecule has 226 valence electrons. The van der Waals surface area contributed by atoms with Crippen molar-refractivity contribution in [3.63, 3.8) is 0 Å². The van der Waals surface area contributed by atoms with E-state index in [1.165, 1.54) is 4.90 Å². The monoisotopic (exact) mass is 573 g/mol. The number of rotatable bonds is 13. The molecule has 11 heteroatoms. The van der Waals surface area contributed by atoms with Gasteiger partial charge in [0.1, 0.15) is 6.10 Å². The van der Waals surface area contributed by atoms with Gasteiger partial charge in [0.05, 0.1) is 43.5 Å². The molecule has 1 heterocycles. The van der Waals surface area contributed by atoms with Gasteiger partial charge in [-0.05, 0) is 44.7 Å². The molecular weight excluding hydrogens is 530 g/mol. The highest BCUT2D eigenvalue weighted by atomic mass is 16.5. The molecule has 3 rings (SSSR count). The van der Waals surface area contributed by atoms with Crippen LogP contribution < -0.4 is 5.32 Å². The van der Waals surface area contributed by atoms with Crippen molar-refractivity contribution in [1.29, 1.82) is 0 Å². The van der Waals surface area contributed by atoms with Crippen molar-refractivity contribution >= 4 is 12.2 Å². The zero-order chi connectivity index (χ0) is 30.2. The van der Waals surface area contributed by atoms with Crippen molar-refractivity contribution in [2.24, 2.45) is 0 Å². The molecule has 0 radical (unpaired) electrons. The van der Waals surface area contributed by atoms with Crippen molar-refractivity contribution in [2.75, 3.05) is 26.3 Å². The van der Waals surface area contributed by atoms with E-state index in [1.807, 2.05) is 60.7 Å². The Balaban J connectivity index is 1.77. The number of nitrogens with zero attached hydrogens (tertiary/aromatic N) is 2. The predicted octanol–water partition coefficient (Wildman–Crippen LogP) is 2.04. The molecule has 1 fully saturated rings. The van der Waals surface area contributed by atoms with E-state index in [1.54, 1.807) is 20.8 Å². The fourth-order valence-corrected chi connectivity index (χ4v) is 5.43. The van der Waals surface area contributed by atoms with E-state index in [9.17, 15) is 35.1 Å². The summed E-state index contributed by atoms with van der Waals surface area (Å²) in [5, 5.41) is 56.1. The molecule has 0 bridgehead atoms. The third-order valence-corrected chi connectivity index (χ3v) is 7.39. The largest absolute Gasteiger partial charge is 0.465 e. The second-order valence-electron chi connectivity index (χ2n) is 11.5. The lowest BCUT2D eigenvalue weighted by molar-refractivity contribution is -0.00411. The van der Waals surface area contributed by atoms with Crippen molar-refractivity contribution in [1.82, 2.24) is 15.1 Å². The van der Waals surface area contributed by atoms with E-state index in [0.29, 0.717) is 0 Å². The van der Waals surface area contributed by atoms with Crippen LogP contribution in [0, 0.1) is 0 Å². The highest BCUT2D eigenvalue weighted by Crippen LogP contribution is 2.24. The first kappa shape index (κ1) is 32.3. The smallest absolute Gasteiger partial charge is 0.408 e. The highest BCUT2D eigenvalue weighted by Gasteiger charge is 2.42. The number of carboxylic acid groups (broad SMARTS) is 2. The molecule has 11 nitrogen and oxygen atoms in total. The van der Waals surface area contributed by atoms with E-state index in [-0.39, 0.29) is 39.1 Å². The summed E-state index contributed by atoms with van der Waals surface area (Å²) in [7, 11) is 0. The maximum atomic E-state index is 12.4. The summed E-state index contributed by atoms with van der Waals surface area (Å²) in [6.07, 6.45) is -5.35. The lowest BCUT2D eigenvalue weighted by Crippen LogP contribution is -2.59. The Morgan fingerprint density at radius 2 is 1.34 bits per heavy atom. The van der Waals surface area contributed by atoms with E-state index in [2.05, 4.69) is 5.32 Å². The summed E-state index contributed by atoms with van der Waals surface area (Å²) < 4.78 is 5.30. The minimum Gasteiger partial charge on any atom is -0.465 e. The minimum absolute atomic E-state index is 0.00367. The number of carbonyl (C=O) groups is 2. The first-order valence-electron chi connectivity index (χ1n) is 13.8. The van der Waals surface area contributed by atoms with Crippen LogP contribution in [-0.4, -0.2) is 116 Å². The summed E-state index contributed by atoms with van der Waals surface area (Å²) in [4.78, 5) is 27.0. The van der Waals surface area contributed by atoms with Gasteiger partial charge in [0.15, 0.2) is 0 Å². The van der Waals surface area contributed by atoms with Crippen molar-refractivity contribution in [3.8, 4) is 0 Å². The van der Waals surface area contributed by atoms with Crippen LogP contribution in [0.3, 0.4) is 0 Å². The average Bonchev–Trinajstić information content (AvgIpc) is 3.32. The molecule has 0 saturated carbocycles. The van der Waals surface area contributed by atoms with Crippen LogP contribution in [0.15, 0.2) is 60.7 Å². The van der Waals surface area contributed by atoms with E-state index in [4.69, 9.17) is 4.74 Å². The number of amides is 2. The van der Waals surface area contributed by atoms with Gasteiger partial charge in [0.25, 0.3) is 0 Å². The van der Waals surface area contributed by atoms with Crippen molar-refractivity contribution in [2.45, 2.75) is 75.6 Å². The number of aliphatic hydroxyl groups is 3. The van der Waals surface area contributed by atoms with Crippen LogP contribution in [0.2, 0.25) is 0 Å². The fraction of sp³-hybridized carbons (Fsp3) is 0.533. The minimum atomic E-state index is -1.29. The lowest BCUT2D eigenvalue weighted by Gasteiger charge is -2.42. The Labute approximate surface area is 241 Å². The Hall–Kier alpha value is -3.22. The van der Waals surface area contributed by atoms with Gasteiger partial charge in [-0.3, -0.25) is 9.80 Å². The molecule has 41 heavy (non-hydrogen) atoms. The van der Waals surface area contributed by atoms with Crippen molar-refractivity contribution in [3.05, 3.63) is 71.8 Å². The SMILES string of the molecule is CC(C)(C)N(C(=O)O)[C@@H](Cc1ccccc1)[C@H](O)CNC[C@@H](O)[C@H](Cc1ccccc1)N(C(=O)O)[C@@H]1COC[C@@H]1O. The topological polar surface area (TPSA) is 163 Å². The van der Waals surface area contributed by atoms with Gasteiger partial charge in [0.2, 0.25) is 0 Å². The molecule has 2 amide bonds. The third-order valence-electron chi connectivity index (χ3n) is 7.39. The number of nitrogens with one attached hydrogen (secondary N) is 1. The lowest BCUT2D eigenvalue weighted by atomic mass is 9.94. The van der Waals surface area contributed by atoms with E-state index < -0.39 is 54.2 Å². The number of hydrogen-bond acceptors (Lipinski definition) is 7. The highest BCUT2D eigenvalue weighted by molar-refractivity contribution is 5.67. The number of ether oxygens (including phenoxy) is 1. The number of benzene rings is 2. The van der Waals surface area contributed by atoms with E-state index in [0.717, 1.165) is 16.0 Å². The van der Waals surface area contributed by atoms with E-state index >= 15 is 0 Å². The molecule has 0 spiro atoms. The molecule has 2 aromatic carbocycles. The van der Waals surface area contributed by atoms with Gasteiger partial charge in [-0.2, -0.15) is 0 Å². The maximum Gasteiger partial charge on any atom is 0.408 e. The van der Waals surface area contributed by atoms with Gasteiger partial charge in [-0.25, -0.2) is 9.59 Å². The Morgan fingerprint density at radius 3 is 1.76 bits per heavy atom. The summed E-state index contributed by atoms with van der Waals surface area (Å²) in [6.45, 7) is 5.17. The molecule has 2 aromatic rings. The molecule has 1 saturated heterocycles. The second kappa shape index (κ2) is 14.6. The molecule has 0 aromatic heterocycles. The molecule has 1 aliphatic rings. The van der Waals surface area contributed by atoms with Crippen LogP contribution in [-0.2, 0) is 17.6 Å². The summed E-state index contributed by atoms with van der Waals surface area (Å²) >= 11 is 0. The zero-order valence-electron chi connectivity index (χ0n) is 23.8. The molecule has 0 unspecified atom stereocenters. The molecule has 1 aliphatic heterocycles. The third kappa shape index (κ3) is 8.88. The van der Waals surface area contributed by atoms with Crippen molar-refractivity contribution < 1.29 is 39.9 Å². The van der Waals surface area contributed by atoms with Gasteiger partial charge in [-0.1, -0.05) is 60.7 Å². The average molecular weight is 574 g/mol. The van der Waals surface area contributed by atoms with Crippen LogP contribution in [0.4, 0.5) is 9.59 Å². The molecular formula is C30H43N3O8. The molecule has 6 N–H and O–H groups in total. The molecule has 0 aliphatic carbocycles. The van der Waals surface area contributed by atoms with Gasteiger partial charge >= 0.3 is 12.2 Å². The summed E-state index contributed by atoms with van der Waals surface area (Å²) in [6, 6.07) is 15.9. The quantitative estimate of drug-likeness (QED) is 0.210. The molecule has 6 atom stereocenters. The second-order valence-corrected chi connectivity index (χ2v) is 11.5. The van der Waals surface area contributed by atoms with Crippen LogP contribution >= 0.6 is 0 Å². The normalized spacial score (nSPS) is 20.1. The maximum absolute atomic E-state index is 12.4. The number of hydrogen-bond donors (Lipinski definition) is 6. The zero-order valence-corrected chi connectivity index (χ0v) is 23.8. The fourth-order valence-electron chi connectivity index (χ4n) is 5.43. The Bertz CT molecular complexity index is 1100. The van der Waals surface area contributed by atoms with Gasteiger partial charge in [0, 0.05) is 18.6 Å². The Morgan fingerprint density at radius 1 is 0.854 bits per heavy atom. The first-order valence-corrected chi connectivity index (χ1v) is 13.8. The standard InChI is InChI=1S/C30H43N3O8/c1-30(2,3)33(29(39)40)23(15-21-12-8-5-9-13-21)26(35)17-31-16-25(34)22(14-20-10-6-4-7-11-20)32(28(37)38)24-18-41-19-27(24)36/h4-13,22-27,31,34-36H,14-19H2,1-3H3,(H,37,38)(H,39,40)/t22-,23-,24+,25+,26+,27-/m0/s1. The summed E-state index contributed by atoms with van der Waals surface area (Å²) in [5.74, 6) is 0. The first-order chi connectivity index (χ1) is 19.4. The van der Waals surface area contributed by atoms with Gasteiger partial charge < -0.3 is 35.6 Å². The summed E-state index contributed by atoms with van der Waals surface area (Å²) in [5.41, 5.74) is 0.879. The predicted molar refractivity (Wildman–Crippen MR) is 153 cm³/mol. The van der Waals surface area contributed by atoms with Crippen LogP contribution in [0.1, 0.15) is 31.9 Å². The van der Waals surface area contributed by atoms with Crippen LogP contribution in [0.25, 0.3) is 0 Å². The van der Waals surface area contributed by atoms with Crippen LogP contribution in [0.5, 0.6) is 0 Å². The van der Waals surface area contributed by atoms with Gasteiger partial charge in [-0.15, -0.1) is 0 Å². The number of aliphatic hydroxyl groups excluding tert-OH is 3.